The molecule has 120 valence electrons. The van der Waals surface area contributed by atoms with Crippen molar-refractivity contribution in [1.82, 2.24) is 14.8 Å². The summed E-state index contributed by atoms with van der Waals surface area (Å²) < 4.78 is 1.93. The second-order valence-corrected chi connectivity index (χ2v) is 5.39. The summed E-state index contributed by atoms with van der Waals surface area (Å²) in [6.07, 6.45) is 6.52. The number of nitrogens with two attached hydrogens (primary N) is 1. The SMILES string of the molecule is NC(=O)c1cc([N+](=O)[O-])cnc1N1CCC(n2cccn2)CC1. The van der Waals surface area contributed by atoms with Crippen LogP contribution in [0.5, 0.6) is 0 Å². The number of anilines is 1. The molecule has 0 aromatic carbocycles. The highest BCUT2D eigenvalue weighted by Gasteiger charge is 2.25. The van der Waals surface area contributed by atoms with Gasteiger partial charge in [0, 0.05) is 31.5 Å². The number of piperidine rings is 1. The van der Waals surface area contributed by atoms with Crippen LogP contribution in [0.1, 0.15) is 29.2 Å². The summed E-state index contributed by atoms with van der Waals surface area (Å²) in [7, 11) is 0. The van der Waals surface area contributed by atoms with E-state index in [9.17, 15) is 14.9 Å². The highest BCUT2D eigenvalue weighted by atomic mass is 16.6. The van der Waals surface area contributed by atoms with Crippen LogP contribution in [-0.4, -0.2) is 38.7 Å². The Morgan fingerprint density at radius 3 is 2.70 bits per heavy atom. The van der Waals surface area contributed by atoms with Crippen molar-refractivity contribution < 1.29 is 9.72 Å². The fraction of sp³-hybridized carbons (Fsp3) is 0.357. The molecule has 1 aliphatic rings. The van der Waals surface area contributed by atoms with E-state index in [4.69, 9.17) is 5.73 Å². The second-order valence-electron chi connectivity index (χ2n) is 5.39. The molecular formula is C14H16N6O3. The van der Waals surface area contributed by atoms with E-state index >= 15 is 0 Å². The Balaban J connectivity index is 1.80. The zero-order valence-corrected chi connectivity index (χ0v) is 12.3. The van der Waals surface area contributed by atoms with Crippen LogP contribution in [0, 0.1) is 10.1 Å². The van der Waals surface area contributed by atoms with Gasteiger partial charge < -0.3 is 10.6 Å². The fourth-order valence-electron chi connectivity index (χ4n) is 2.82. The van der Waals surface area contributed by atoms with Crippen molar-refractivity contribution in [2.75, 3.05) is 18.0 Å². The quantitative estimate of drug-likeness (QED) is 0.666. The molecule has 1 aliphatic heterocycles. The van der Waals surface area contributed by atoms with Gasteiger partial charge in [-0.05, 0) is 18.9 Å². The minimum atomic E-state index is -0.717. The Morgan fingerprint density at radius 2 is 2.13 bits per heavy atom. The lowest BCUT2D eigenvalue weighted by atomic mass is 10.0. The van der Waals surface area contributed by atoms with E-state index in [0.29, 0.717) is 24.9 Å². The Labute approximate surface area is 131 Å². The minimum Gasteiger partial charge on any atom is -0.365 e. The van der Waals surface area contributed by atoms with Gasteiger partial charge in [-0.2, -0.15) is 5.10 Å². The maximum atomic E-state index is 11.6. The smallest absolute Gasteiger partial charge is 0.288 e. The van der Waals surface area contributed by atoms with Gasteiger partial charge in [0.15, 0.2) is 0 Å². The summed E-state index contributed by atoms with van der Waals surface area (Å²) >= 11 is 0. The molecule has 9 nitrogen and oxygen atoms in total. The van der Waals surface area contributed by atoms with Crippen molar-refractivity contribution in [1.29, 1.82) is 0 Å². The van der Waals surface area contributed by atoms with Crippen molar-refractivity contribution in [3.63, 3.8) is 0 Å². The van der Waals surface area contributed by atoms with Gasteiger partial charge in [0.1, 0.15) is 12.0 Å². The summed E-state index contributed by atoms with van der Waals surface area (Å²) in [4.78, 5) is 27.9. The van der Waals surface area contributed by atoms with E-state index in [0.717, 1.165) is 19.0 Å². The number of primary amides is 1. The van der Waals surface area contributed by atoms with E-state index in [2.05, 4.69) is 10.1 Å². The van der Waals surface area contributed by atoms with E-state index in [1.165, 1.54) is 6.07 Å². The number of carbonyl (C=O) groups is 1. The minimum absolute atomic E-state index is 0.0803. The van der Waals surface area contributed by atoms with Crippen molar-refractivity contribution in [3.05, 3.63) is 46.4 Å². The average Bonchev–Trinajstić information content (AvgIpc) is 3.09. The van der Waals surface area contributed by atoms with E-state index in [1.54, 1.807) is 6.20 Å². The molecule has 2 aromatic rings. The molecular weight excluding hydrogens is 300 g/mol. The number of rotatable bonds is 4. The molecule has 0 aliphatic carbocycles. The molecule has 0 spiro atoms. The molecule has 23 heavy (non-hydrogen) atoms. The van der Waals surface area contributed by atoms with Gasteiger partial charge in [0.05, 0.1) is 16.5 Å². The molecule has 3 rings (SSSR count). The highest BCUT2D eigenvalue weighted by molar-refractivity contribution is 5.98. The maximum absolute atomic E-state index is 11.6. The summed E-state index contributed by atoms with van der Waals surface area (Å²) in [6, 6.07) is 3.37. The van der Waals surface area contributed by atoms with Crippen molar-refractivity contribution in [2.24, 2.45) is 5.73 Å². The molecule has 0 atom stereocenters. The first-order chi connectivity index (χ1) is 11.1. The number of carbonyl (C=O) groups excluding carboxylic acids is 1. The third-order valence-electron chi connectivity index (χ3n) is 3.99. The highest BCUT2D eigenvalue weighted by Crippen LogP contribution is 2.28. The first-order valence-corrected chi connectivity index (χ1v) is 7.24. The lowest BCUT2D eigenvalue weighted by Gasteiger charge is -2.33. The zero-order valence-electron chi connectivity index (χ0n) is 12.3. The number of hydrogen-bond donors (Lipinski definition) is 1. The van der Waals surface area contributed by atoms with Gasteiger partial charge in [-0.1, -0.05) is 0 Å². The third-order valence-corrected chi connectivity index (χ3v) is 3.99. The molecule has 1 amide bonds. The van der Waals surface area contributed by atoms with Gasteiger partial charge in [-0.3, -0.25) is 19.6 Å². The van der Waals surface area contributed by atoms with E-state index in [-0.39, 0.29) is 11.3 Å². The summed E-state index contributed by atoms with van der Waals surface area (Å²) in [5, 5.41) is 15.1. The van der Waals surface area contributed by atoms with Crippen LogP contribution in [0.15, 0.2) is 30.7 Å². The Hall–Kier alpha value is -2.97. The van der Waals surface area contributed by atoms with Crippen molar-refractivity contribution in [2.45, 2.75) is 18.9 Å². The van der Waals surface area contributed by atoms with Crippen LogP contribution < -0.4 is 10.6 Å². The van der Waals surface area contributed by atoms with Crippen LogP contribution in [0.2, 0.25) is 0 Å². The maximum Gasteiger partial charge on any atom is 0.288 e. The Morgan fingerprint density at radius 1 is 1.39 bits per heavy atom. The fourth-order valence-corrected chi connectivity index (χ4v) is 2.82. The lowest BCUT2D eigenvalue weighted by molar-refractivity contribution is -0.385. The average molecular weight is 316 g/mol. The number of hydrogen-bond acceptors (Lipinski definition) is 6. The Kier molecular flexibility index (Phi) is 3.92. The second kappa shape index (κ2) is 6.03. The van der Waals surface area contributed by atoms with Crippen molar-refractivity contribution in [3.8, 4) is 0 Å². The largest absolute Gasteiger partial charge is 0.365 e. The molecule has 9 heteroatoms. The van der Waals surface area contributed by atoms with Crippen LogP contribution in [0.25, 0.3) is 0 Å². The molecule has 3 heterocycles. The number of nitrogens with zero attached hydrogens (tertiary/aromatic N) is 5. The first-order valence-electron chi connectivity index (χ1n) is 7.24. The molecule has 0 radical (unpaired) electrons. The molecule has 1 fully saturated rings. The molecule has 1 saturated heterocycles. The van der Waals surface area contributed by atoms with E-state index in [1.807, 2.05) is 21.8 Å². The molecule has 2 N–H and O–H groups in total. The molecule has 2 aromatic heterocycles. The standard InChI is InChI=1S/C14H16N6O3/c15-13(21)12-8-11(20(22)23)9-16-14(12)18-6-2-10(3-7-18)19-5-1-4-17-19/h1,4-5,8-10H,2-3,6-7H2,(H2,15,21). The van der Waals surface area contributed by atoms with Crippen LogP contribution >= 0.6 is 0 Å². The normalized spacial score (nSPS) is 15.6. The Bertz CT molecular complexity index is 722. The molecule has 0 saturated carbocycles. The number of amides is 1. The van der Waals surface area contributed by atoms with Gasteiger partial charge in [-0.15, -0.1) is 0 Å². The van der Waals surface area contributed by atoms with Crippen LogP contribution in [0.4, 0.5) is 11.5 Å². The first kappa shape index (κ1) is 14.9. The number of nitro groups is 1. The lowest BCUT2D eigenvalue weighted by Crippen LogP contribution is -2.36. The van der Waals surface area contributed by atoms with E-state index < -0.39 is 10.8 Å². The molecule has 0 bridgehead atoms. The topological polar surface area (TPSA) is 120 Å². The summed E-state index contributed by atoms with van der Waals surface area (Å²) in [5.74, 6) is -0.313. The van der Waals surface area contributed by atoms with Crippen LogP contribution in [-0.2, 0) is 0 Å². The number of aromatic nitrogens is 3. The predicted molar refractivity (Wildman–Crippen MR) is 82.1 cm³/mol. The van der Waals surface area contributed by atoms with Gasteiger partial charge in [0.2, 0.25) is 0 Å². The van der Waals surface area contributed by atoms with Gasteiger partial charge in [-0.25, -0.2) is 4.98 Å². The van der Waals surface area contributed by atoms with Crippen LogP contribution in [0.3, 0.4) is 0 Å². The zero-order chi connectivity index (χ0) is 16.4. The monoisotopic (exact) mass is 316 g/mol. The summed E-state index contributed by atoms with van der Waals surface area (Å²) in [6.45, 7) is 1.35. The van der Waals surface area contributed by atoms with Gasteiger partial charge >= 0.3 is 0 Å². The molecule has 0 unspecified atom stereocenters. The number of pyridine rings is 1. The van der Waals surface area contributed by atoms with Crippen molar-refractivity contribution >= 4 is 17.4 Å². The third kappa shape index (κ3) is 2.98. The predicted octanol–water partition coefficient (Wildman–Crippen LogP) is 1.13. The summed E-state index contributed by atoms with van der Waals surface area (Å²) in [5.41, 5.74) is 5.19. The van der Waals surface area contributed by atoms with Gasteiger partial charge in [0.25, 0.3) is 11.6 Å².